The zero-order valence-corrected chi connectivity index (χ0v) is 13.9. The van der Waals surface area contributed by atoms with Crippen molar-refractivity contribution >= 4 is 35.0 Å². The molecule has 2 unspecified atom stereocenters. The van der Waals surface area contributed by atoms with Crippen molar-refractivity contribution in [2.45, 2.75) is 32.4 Å². The van der Waals surface area contributed by atoms with Crippen LogP contribution in [-0.2, 0) is 9.59 Å². The Hall–Kier alpha value is -1.46. The molecule has 1 aromatic carbocycles. The molecule has 0 aromatic heterocycles. The smallest absolute Gasteiger partial charge is 0.264 e. The van der Waals surface area contributed by atoms with Crippen molar-refractivity contribution in [2.24, 2.45) is 0 Å². The summed E-state index contributed by atoms with van der Waals surface area (Å²) in [4.78, 5) is 26.0. The van der Waals surface area contributed by atoms with Crippen LogP contribution in [0.5, 0.6) is 5.75 Å². The Labute approximate surface area is 139 Å². The molecule has 1 fully saturated rings. The maximum absolute atomic E-state index is 12.6. The maximum Gasteiger partial charge on any atom is 0.264 e. The predicted octanol–water partition coefficient (Wildman–Crippen LogP) is 2.50. The molecule has 2 amide bonds. The summed E-state index contributed by atoms with van der Waals surface area (Å²) in [5, 5.41) is 3.39. The molecule has 0 spiro atoms. The molecule has 1 aliphatic heterocycles. The average molecular weight is 345 g/mol. The second-order valence-electron chi connectivity index (χ2n) is 5.06. The van der Waals surface area contributed by atoms with E-state index in [0.717, 1.165) is 0 Å². The van der Waals surface area contributed by atoms with Gasteiger partial charge in [0.05, 0.1) is 5.02 Å². The normalized spacial score (nSPS) is 19.5. The van der Waals surface area contributed by atoms with Crippen molar-refractivity contribution in [3.8, 4) is 5.75 Å². The Kier molecular flexibility index (Phi) is 5.53. The fraction of sp³-hybridized carbons (Fsp3) is 0.467. The molecule has 120 valence electrons. The third-order valence-corrected chi connectivity index (χ3v) is 4.37. The van der Waals surface area contributed by atoms with E-state index >= 15 is 0 Å². The van der Waals surface area contributed by atoms with Gasteiger partial charge in [-0.2, -0.15) is 0 Å². The van der Waals surface area contributed by atoms with E-state index < -0.39 is 12.1 Å². The molecule has 22 heavy (non-hydrogen) atoms. The lowest BCUT2D eigenvalue weighted by Crippen LogP contribution is -2.59. The quantitative estimate of drug-likeness (QED) is 0.912. The summed E-state index contributed by atoms with van der Waals surface area (Å²) in [7, 11) is 0. The second kappa shape index (κ2) is 7.20. The van der Waals surface area contributed by atoms with Crippen LogP contribution in [0.25, 0.3) is 0 Å². The van der Waals surface area contributed by atoms with Crippen molar-refractivity contribution < 1.29 is 14.3 Å². The number of carbonyl (C=O) groups is 2. The number of benzene rings is 1. The van der Waals surface area contributed by atoms with Gasteiger partial charge in [0.25, 0.3) is 5.91 Å². The van der Waals surface area contributed by atoms with E-state index in [1.165, 1.54) is 0 Å². The maximum atomic E-state index is 12.6. The van der Waals surface area contributed by atoms with Gasteiger partial charge in [-0.25, -0.2) is 0 Å². The van der Waals surface area contributed by atoms with Crippen LogP contribution >= 0.6 is 23.2 Å². The Balaban J connectivity index is 2.11. The Bertz CT molecular complexity index is 580. The molecule has 0 radical (unpaired) electrons. The zero-order valence-electron chi connectivity index (χ0n) is 12.4. The molecular formula is C15H18Cl2N2O3. The topological polar surface area (TPSA) is 58.6 Å². The van der Waals surface area contributed by atoms with Crippen LogP contribution < -0.4 is 10.1 Å². The van der Waals surface area contributed by atoms with Crippen LogP contribution in [0.15, 0.2) is 18.2 Å². The molecule has 2 atom stereocenters. The highest BCUT2D eigenvalue weighted by Gasteiger charge is 2.34. The molecule has 1 N–H and O–H groups in total. The highest BCUT2D eigenvalue weighted by molar-refractivity contribution is 6.42. The number of hydrogen-bond donors (Lipinski definition) is 1. The number of piperazine rings is 1. The van der Waals surface area contributed by atoms with Crippen LogP contribution in [0, 0.1) is 0 Å². The first-order valence-corrected chi connectivity index (χ1v) is 7.90. The summed E-state index contributed by atoms with van der Waals surface area (Å²) < 4.78 is 5.63. The molecule has 1 heterocycles. The summed E-state index contributed by atoms with van der Waals surface area (Å²) >= 11 is 12.0. The van der Waals surface area contributed by atoms with Gasteiger partial charge in [0.1, 0.15) is 16.8 Å². The highest BCUT2D eigenvalue weighted by Crippen LogP contribution is 2.32. The number of hydrogen-bond acceptors (Lipinski definition) is 3. The van der Waals surface area contributed by atoms with Crippen molar-refractivity contribution in [3.63, 3.8) is 0 Å². The average Bonchev–Trinajstić information content (AvgIpc) is 2.50. The summed E-state index contributed by atoms with van der Waals surface area (Å²) in [6.45, 7) is 4.43. The minimum Gasteiger partial charge on any atom is -0.479 e. The Morgan fingerprint density at radius 2 is 2.23 bits per heavy atom. The van der Waals surface area contributed by atoms with Gasteiger partial charge < -0.3 is 15.0 Å². The minimum absolute atomic E-state index is 0.130. The van der Waals surface area contributed by atoms with E-state index in [1.807, 2.05) is 6.92 Å². The SMILES string of the molecule is CCC1C(=O)NCCN1C(=O)C(C)Oc1cccc(Cl)c1Cl. The number of nitrogens with zero attached hydrogens (tertiary/aromatic N) is 1. The summed E-state index contributed by atoms with van der Waals surface area (Å²) in [6.07, 6.45) is -0.196. The second-order valence-corrected chi connectivity index (χ2v) is 5.84. The van der Waals surface area contributed by atoms with Crippen molar-refractivity contribution in [3.05, 3.63) is 28.2 Å². The lowest BCUT2D eigenvalue weighted by molar-refractivity contribution is -0.148. The third-order valence-electron chi connectivity index (χ3n) is 3.57. The minimum atomic E-state index is -0.754. The molecule has 1 aromatic rings. The van der Waals surface area contributed by atoms with Crippen molar-refractivity contribution in [1.29, 1.82) is 0 Å². The van der Waals surface area contributed by atoms with E-state index in [2.05, 4.69) is 5.32 Å². The predicted molar refractivity (Wildman–Crippen MR) is 85.4 cm³/mol. The Morgan fingerprint density at radius 3 is 2.91 bits per heavy atom. The largest absolute Gasteiger partial charge is 0.479 e. The molecule has 0 bridgehead atoms. The van der Waals surface area contributed by atoms with Crippen LogP contribution in [0.4, 0.5) is 0 Å². The summed E-state index contributed by atoms with van der Waals surface area (Å²) in [5.41, 5.74) is 0. The summed E-state index contributed by atoms with van der Waals surface area (Å²) in [6, 6.07) is 4.54. The van der Waals surface area contributed by atoms with Crippen LogP contribution in [-0.4, -0.2) is 41.9 Å². The van der Waals surface area contributed by atoms with Gasteiger partial charge in [0, 0.05) is 13.1 Å². The third kappa shape index (κ3) is 3.47. The van der Waals surface area contributed by atoms with E-state index in [4.69, 9.17) is 27.9 Å². The first kappa shape index (κ1) is 16.9. The standard InChI is InChI=1S/C15H18Cl2N2O3/c1-3-11-14(20)18-7-8-19(11)15(21)9(2)22-12-6-4-5-10(16)13(12)17/h4-6,9,11H,3,7-8H2,1-2H3,(H,18,20). The van der Waals surface area contributed by atoms with Crippen LogP contribution in [0.1, 0.15) is 20.3 Å². The van der Waals surface area contributed by atoms with Crippen LogP contribution in [0.2, 0.25) is 10.0 Å². The van der Waals surface area contributed by atoms with Gasteiger partial charge in [0.2, 0.25) is 5.91 Å². The number of rotatable bonds is 4. The van der Waals surface area contributed by atoms with E-state index in [-0.39, 0.29) is 16.8 Å². The lowest BCUT2D eigenvalue weighted by Gasteiger charge is -2.36. The number of carbonyl (C=O) groups excluding carboxylic acids is 2. The Morgan fingerprint density at radius 1 is 1.50 bits per heavy atom. The van der Waals surface area contributed by atoms with Gasteiger partial charge in [0.15, 0.2) is 6.10 Å². The lowest BCUT2D eigenvalue weighted by atomic mass is 10.1. The number of amides is 2. The number of halogens is 2. The fourth-order valence-corrected chi connectivity index (χ4v) is 2.77. The zero-order chi connectivity index (χ0) is 16.3. The van der Waals surface area contributed by atoms with Gasteiger partial charge in [-0.3, -0.25) is 9.59 Å². The van der Waals surface area contributed by atoms with Crippen molar-refractivity contribution in [2.75, 3.05) is 13.1 Å². The van der Waals surface area contributed by atoms with Gasteiger partial charge in [-0.1, -0.05) is 36.2 Å². The highest BCUT2D eigenvalue weighted by atomic mass is 35.5. The van der Waals surface area contributed by atoms with E-state index in [9.17, 15) is 9.59 Å². The molecule has 1 aliphatic rings. The van der Waals surface area contributed by atoms with Gasteiger partial charge in [-0.15, -0.1) is 0 Å². The molecule has 0 aliphatic carbocycles. The van der Waals surface area contributed by atoms with Crippen LogP contribution in [0.3, 0.4) is 0 Å². The molecule has 5 nitrogen and oxygen atoms in total. The van der Waals surface area contributed by atoms with Crippen molar-refractivity contribution in [1.82, 2.24) is 10.2 Å². The summed E-state index contributed by atoms with van der Waals surface area (Å²) in [5.74, 6) is -0.0163. The molecule has 7 heteroatoms. The first-order chi connectivity index (χ1) is 10.5. The molecule has 2 rings (SSSR count). The molecule has 0 saturated carbocycles. The van der Waals surface area contributed by atoms with E-state index in [0.29, 0.717) is 30.3 Å². The van der Waals surface area contributed by atoms with E-state index in [1.54, 1.807) is 30.0 Å². The fourth-order valence-electron chi connectivity index (χ4n) is 2.43. The van der Waals surface area contributed by atoms with Gasteiger partial charge in [-0.05, 0) is 25.5 Å². The monoisotopic (exact) mass is 344 g/mol. The number of nitrogens with one attached hydrogen (secondary N) is 1. The first-order valence-electron chi connectivity index (χ1n) is 7.14. The molecule has 1 saturated heterocycles. The van der Waals surface area contributed by atoms with Gasteiger partial charge >= 0.3 is 0 Å². The molecular weight excluding hydrogens is 327 g/mol. The number of ether oxygens (including phenoxy) is 1.